The number of ether oxygens (including phenoxy) is 1. The lowest BCUT2D eigenvalue weighted by molar-refractivity contribution is -0.142. The molecule has 2 aromatic carbocycles. The Kier molecular flexibility index (Phi) is 7.06. The van der Waals surface area contributed by atoms with Gasteiger partial charge in [0.25, 0.3) is 0 Å². The number of carbonyl (C=O) groups excluding carboxylic acids is 1. The fourth-order valence-electron chi connectivity index (χ4n) is 3.81. The second-order valence-corrected chi connectivity index (χ2v) is 8.86. The van der Waals surface area contributed by atoms with Crippen molar-refractivity contribution in [3.05, 3.63) is 84.0 Å². The zero-order chi connectivity index (χ0) is 26.7. The molecule has 0 saturated carbocycles. The highest BCUT2D eigenvalue weighted by Crippen LogP contribution is 2.39. The molecule has 0 saturated heterocycles. The van der Waals surface area contributed by atoms with Crippen molar-refractivity contribution in [3.8, 4) is 22.5 Å². The van der Waals surface area contributed by atoms with Crippen LogP contribution in [-0.4, -0.2) is 33.9 Å². The molecule has 1 amide bonds. The Hall–Kier alpha value is -4.53. The first kappa shape index (κ1) is 25.6. The number of aryl methyl sites for hydroxylation is 1. The molecule has 0 aliphatic carbocycles. The number of carboxylic acid groups (broad SMARTS) is 1. The van der Waals surface area contributed by atoms with Gasteiger partial charge in [-0.05, 0) is 51.5 Å². The summed E-state index contributed by atoms with van der Waals surface area (Å²) in [6.45, 7) is 6.66. The van der Waals surface area contributed by atoms with Crippen LogP contribution >= 0.6 is 0 Å². The van der Waals surface area contributed by atoms with E-state index in [0.717, 1.165) is 10.5 Å². The molecule has 0 fully saturated rings. The number of aromatic nitrogens is 2. The number of halogens is 1. The molecule has 9 heteroatoms. The molecule has 37 heavy (non-hydrogen) atoms. The third-order valence-electron chi connectivity index (χ3n) is 6.07. The molecular formula is C28H26FN3O5. The Morgan fingerprint density at radius 3 is 2.32 bits per heavy atom. The maximum absolute atomic E-state index is 14.7. The van der Waals surface area contributed by atoms with Gasteiger partial charge in [0.1, 0.15) is 17.2 Å². The van der Waals surface area contributed by atoms with Crippen molar-refractivity contribution in [1.29, 1.82) is 0 Å². The molecule has 0 aliphatic heterocycles. The molecule has 1 N–H and O–H groups in total. The van der Waals surface area contributed by atoms with Crippen LogP contribution in [0.25, 0.3) is 22.5 Å². The summed E-state index contributed by atoms with van der Waals surface area (Å²) in [4.78, 5) is 30.0. The molecule has 2 heterocycles. The summed E-state index contributed by atoms with van der Waals surface area (Å²) in [5.41, 5.74) is 2.24. The molecule has 2 aromatic heterocycles. The topological polar surface area (TPSA) is 106 Å². The van der Waals surface area contributed by atoms with Gasteiger partial charge in [-0.1, -0.05) is 47.6 Å². The van der Waals surface area contributed by atoms with E-state index in [-0.39, 0.29) is 18.0 Å². The van der Waals surface area contributed by atoms with Gasteiger partial charge in [0, 0.05) is 17.3 Å². The van der Waals surface area contributed by atoms with Crippen LogP contribution in [0.1, 0.15) is 32.1 Å². The average molecular weight is 504 g/mol. The van der Waals surface area contributed by atoms with Crippen molar-refractivity contribution < 1.29 is 28.3 Å². The van der Waals surface area contributed by atoms with Crippen molar-refractivity contribution in [2.75, 3.05) is 11.5 Å². The first-order valence-corrected chi connectivity index (χ1v) is 11.6. The van der Waals surface area contributed by atoms with Gasteiger partial charge in [-0.2, -0.15) is 0 Å². The van der Waals surface area contributed by atoms with E-state index in [9.17, 15) is 19.1 Å². The summed E-state index contributed by atoms with van der Waals surface area (Å²) in [6.07, 6.45) is 0.799. The van der Waals surface area contributed by atoms with Crippen LogP contribution in [0.5, 0.6) is 0 Å². The molecule has 4 rings (SSSR count). The lowest BCUT2D eigenvalue weighted by Gasteiger charge is -2.22. The van der Waals surface area contributed by atoms with Crippen LogP contribution in [0.2, 0.25) is 0 Å². The normalized spacial score (nSPS) is 11.3. The summed E-state index contributed by atoms with van der Waals surface area (Å²) in [5.74, 6) is -1.22. The Balaban J connectivity index is 1.71. The van der Waals surface area contributed by atoms with Gasteiger partial charge in [0.2, 0.25) is 0 Å². The maximum Gasteiger partial charge on any atom is 0.419 e. The summed E-state index contributed by atoms with van der Waals surface area (Å²) in [5, 5.41) is 13.6. The number of carbonyl (C=O) groups is 2. The Labute approximate surface area is 213 Å². The standard InChI is InChI=1S/C28H26FN3O5/c1-5-36-27(35)32(23-9-7-6-8-21(23)29)25-17(2)37-31-24(25)19-12-10-18(11-13-19)22-15-14-20(16-30-22)28(3,4)26(33)34/h6-16H,5H2,1-4H3,(H,33,34). The number of para-hydroxylation sites is 1. The van der Waals surface area contributed by atoms with Crippen LogP contribution in [0.3, 0.4) is 0 Å². The molecule has 0 radical (unpaired) electrons. The number of benzene rings is 2. The maximum atomic E-state index is 14.7. The van der Waals surface area contributed by atoms with Gasteiger partial charge in [-0.25, -0.2) is 14.1 Å². The van der Waals surface area contributed by atoms with Gasteiger partial charge in [-0.3, -0.25) is 9.78 Å². The molecule has 0 spiro atoms. The van der Waals surface area contributed by atoms with E-state index < -0.39 is 23.3 Å². The molecule has 190 valence electrons. The minimum absolute atomic E-state index is 0.0127. The second kappa shape index (κ2) is 10.2. The second-order valence-electron chi connectivity index (χ2n) is 8.86. The lowest BCUT2D eigenvalue weighted by atomic mass is 9.86. The van der Waals surface area contributed by atoms with Crippen LogP contribution in [0, 0.1) is 12.7 Å². The Morgan fingerprint density at radius 1 is 1.05 bits per heavy atom. The Bertz CT molecular complexity index is 1430. The van der Waals surface area contributed by atoms with Crippen molar-refractivity contribution in [2.24, 2.45) is 0 Å². The first-order chi connectivity index (χ1) is 17.6. The predicted octanol–water partition coefficient (Wildman–Crippen LogP) is 6.51. The van der Waals surface area contributed by atoms with E-state index >= 15 is 0 Å². The third kappa shape index (κ3) is 4.93. The minimum atomic E-state index is -1.06. The molecule has 0 aliphatic rings. The van der Waals surface area contributed by atoms with Crippen molar-refractivity contribution in [1.82, 2.24) is 10.1 Å². The zero-order valence-electron chi connectivity index (χ0n) is 20.9. The van der Waals surface area contributed by atoms with Gasteiger partial charge >= 0.3 is 12.1 Å². The number of carboxylic acids is 1. The number of pyridine rings is 1. The molecule has 0 unspecified atom stereocenters. The number of nitrogens with zero attached hydrogens (tertiary/aromatic N) is 3. The van der Waals surface area contributed by atoms with Crippen molar-refractivity contribution in [2.45, 2.75) is 33.1 Å². The van der Waals surface area contributed by atoms with E-state index in [1.807, 2.05) is 12.1 Å². The highest BCUT2D eigenvalue weighted by atomic mass is 19.1. The molecule has 0 bridgehead atoms. The van der Waals surface area contributed by atoms with Crippen LogP contribution < -0.4 is 4.90 Å². The number of rotatable bonds is 7. The monoisotopic (exact) mass is 503 g/mol. The summed E-state index contributed by atoms with van der Waals surface area (Å²) in [6, 6.07) is 16.6. The van der Waals surface area contributed by atoms with Gasteiger partial charge in [-0.15, -0.1) is 0 Å². The average Bonchev–Trinajstić information content (AvgIpc) is 3.26. The number of aliphatic carboxylic acids is 1. The minimum Gasteiger partial charge on any atom is -0.481 e. The van der Waals surface area contributed by atoms with Crippen LogP contribution in [-0.2, 0) is 14.9 Å². The number of amides is 1. The quantitative estimate of drug-likeness (QED) is 0.306. The van der Waals surface area contributed by atoms with E-state index in [0.29, 0.717) is 28.3 Å². The van der Waals surface area contributed by atoms with Gasteiger partial charge < -0.3 is 14.4 Å². The van der Waals surface area contributed by atoms with Gasteiger partial charge in [0.15, 0.2) is 5.76 Å². The zero-order valence-corrected chi connectivity index (χ0v) is 20.9. The summed E-state index contributed by atoms with van der Waals surface area (Å²) < 4.78 is 25.4. The largest absolute Gasteiger partial charge is 0.481 e. The van der Waals surface area contributed by atoms with Crippen LogP contribution in [0.15, 0.2) is 71.4 Å². The lowest BCUT2D eigenvalue weighted by Crippen LogP contribution is -2.28. The smallest absolute Gasteiger partial charge is 0.419 e. The highest BCUT2D eigenvalue weighted by Gasteiger charge is 2.31. The number of anilines is 2. The van der Waals surface area contributed by atoms with E-state index in [2.05, 4.69) is 10.1 Å². The number of hydrogen-bond acceptors (Lipinski definition) is 6. The number of hydrogen-bond donors (Lipinski definition) is 1. The summed E-state index contributed by atoms with van der Waals surface area (Å²) in [7, 11) is 0. The molecule has 4 aromatic rings. The van der Waals surface area contributed by atoms with Crippen LogP contribution in [0.4, 0.5) is 20.6 Å². The third-order valence-corrected chi connectivity index (χ3v) is 6.07. The Morgan fingerprint density at radius 2 is 1.73 bits per heavy atom. The molecule has 8 nitrogen and oxygen atoms in total. The predicted molar refractivity (Wildman–Crippen MR) is 136 cm³/mol. The van der Waals surface area contributed by atoms with E-state index in [1.165, 1.54) is 18.2 Å². The van der Waals surface area contributed by atoms with Gasteiger partial charge in [0.05, 0.1) is 23.4 Å². The molecular weight excluding hydrogens is 477 g/mol. The fraction of sp³-hybridized carbons (Fsp3) is 0.214. The fourth-order valence-corrected chi connectivity index (χ4v) is 3.81. The van der Waals surface area contributed by atoms with E-state index in [1.54, 1.807) is 64.2 Å². The van der Waals surface area contributed by atoms with Crippen molar-refractivity contribution >= 4 is 23.4 Å². The van der Waals surface area contributed by atoms with Crippen molar-refractivity contribution in [3.63, 3.8) is 0 Å². The first-order valence-electron chi connectivity index (χ1n) is 11.6. The highest BCUT2D eigenvalue weighted by molar-refractivity contribution is 6.00. The van der Waals surface area contributed by atoms with E-state index in [4.69, 9.17) is 9.26 Å². The SMILES string of the molecule is CCOC(=O)N(c1ccccc1F)c1c(-c2ccc(-c3ccc(C(C)(C)C(=O)O)cn3)cc2)noc1C. The molecule has 0 atom stereocenters. The summed E-state index contributed by atoms with van der Waals surface area (Å²) >= 11 is 0.